The Morgan fingerprint density at radius 2 is 2.00 bits per heavy atom. The van der Waals surface area contributed by atoms with Crippen LogP contribution in [-0.2, 0) is 0 Å². The van der Waals surface area contributed by atoms with Crippen molar-refractivity contribution in [1.29, 1.82) is 0 Å². The lowest BCUT2D eigenvalue weighted by molar-refractivity contribution is 0.112. The average molecular weight is 286 g/mol. The molecule has 0 N–H and O–H groups in total. The van der Waals surface area contributed by atoms with Crippen LogP contribution in [0.4, 0.5) is 0 Å². The maximum Gasteiger partial charge on any atom is 0.164 e. The van der Waals surface area contributed by atoms with E-state index in [0.29, 0.717) is 16.4 Å². The van der Waals surface area contributed by atoms with Gasteiger partial charge in [-0.25, -0.2) is 9.67 Å². The van der Waals surface area contributed by atoms with Gasteiger partial charge in [-0.1, -0.05) is 29.8 Å². The fraction of sp³-hybridized carbons (Fsp3) is 0.133. The van der Waals surface area contributed by atoms with Gasteiger partial charge in [0.1, 0.15) is 0 Å². The summed E-state index contributed by atoms with van der Waals surface area (Å²) >= 11 is 6.16. The Morgan fingerprint density at radius 3 is 2.65 bits per heavy atom. The molecule has 4 nitrogen and oxygen atoms in total. The summed E-state index contributed by atoms with van der Waals surface area (Å²) in [7, 11) is 0. The molecule has 0 fully saturated rings. The highest BCUT2D eigenvalue weighted by molar-refractivity contribution is 6.31. The molecule has 100 valence electrons. The zero-order chi connectivity index (χ0) is 14.3. The summed E-state index contributed by atoms with van der Waals surface area (Å²) < 4.78 is 1.62. The number of halogens is 1. The second-order valence-electron chi connectivity index (χ2n) is 4.61. The quantitative estimate of drug-likeness (QED) is 0.677. The van der Waals surface area contributed by atoms with Gasteiger partial charge in [0, 0.05) is 5.39 Å². The molecule has 3 aromatic rings. The zero-order valence-electron chi connectivity index (χ0n) is 11.1. The van der Waals surface area contributed by atoms with E-state index in [4.69, 9.17) is 11.6 Å². The second kappa shape index (κ2) is 4.72. The Morgan fingerprint density at radius 1 is 1.25 bits per heavy atom. The topological polar surface area (TPSA) is 47.8 Å². The van der Waals surface area contributed by atoms with Crippen LogP contribution in [0, 0.1) is 13.8 Å². The third kappa shape index (κ3) is 1.89. The van der Waals surface area contributed by atoms with E-state index >= 15 is 0 Å². The number of carbonyl (C=O) groups is 1. The molecule has 0 saturated carbocycles. The van der Waals surface area contributed by atoms with Crippen LogP contribution in [-0.4, -0.2) is 21.1 Å². The van der Waals surface area contributed by atoms with Gasteiger partial charge in [0.15, 0.2) is 12.1 Å². The fourth-order valence-corrected chi connectivity index (χ4v) is 2.33. The molecule has 2 heterocycles. The summed E-state index contributed by atoms with van der Waals surface area (Å²) in [5.41, 5.74) is 2.80. The van der Waals surface area contributed by atoms with Crippen molar-refractivity contribution < 1.29 is 4.79 Å². The van der Waals surface area contributed by atoms with Gasteiger partial charge in [-0.2, -0.15) is 5.10 Å². The number of hydrogen-bond acceptors (Lipinski definition) is 3. The van der Waals surface area contributed by atoms with Crippen LogP contribution < -0.4 is 0 Å². The van der Waals surface area contributed by atoms with Crippen molar-refractivity contribution in [3.05, 3.63) is 52.3 Å². The van der Waals surface area contributed by atoms with E-state index in [2.05, 4.69) is 10.1 Å². The molecular weight excluding hydrogens is 274 g/mol. The molecule has 0 aliphatic carbocycles. The van der Waals surface area contributed by atoms with E-state index in [9.17, 15) is 4.79 Å². The number of aryl methyl sites for hydroxylation is 1. The number of nitrogens with zero attached hydrogens (tertiary/aromatic N) is 3. The first kappa shape index (κ1) is 12.8. The molecule has 0 aliphatic heterocycles. The van der Waals surface area contributed by atoms with Crippen LogP contribution in [0.3, 0.4) is 0 Å². The molecule has 0 amide bonds. The Hall–Kier alpha value is -2.20. The molecule has 5 heteroatoms. The summed E-state index contributed by atoms with van der Waals surface area (Å²) in [5, 5.41) is 5.88. The predicted molar refractivity (Wildman–Crippen MR) is 78.7 cm³/mol. The highest BCUT2D eigenvalue weighted by atomic mass is 35.5. The number of carbonyl (C=O) groups excluding carboxylic acids is 1. The van der Waals surface area contributed by atoms with Crippen LogP contribution in [0.5, 0.6) is 0 Å². The Labute approximate surface area is 121 Å². The van der Waals surface area contributed by atoms with Crippen molar-refractivity contribution in [3.8, 4) is 5.82 Å². The van der Waals surface area contributed by atoms with Crippen LogP contribution >= 0.6 is 11.6 Å². The SMILES string of the molecule is Cc1nn(-c2nc3ccccc3cc2C=O)c(C)c1Cl. The molecule has 1 aromatic carbocycles. The Bertz CT molecular complexity index is 823. The van der Waals surface area contributed by atoms with E-state index in [1.54, 1.807) is 4.68 Å². The van der Waals surface area contributed by atoms with Crippen molar-refractivity contribution in [2.24, 2.45) is 0 Å². The van der Waals surface area contributed by atoms with Gasteiger partial charge in [-0.15, -0.1) is 0 Å². The minimum Gasteiger partial charge on any atom is -0.298 e. The van der Waals surface area contributed by atoms with Crippen LogP contribution in [0.1, 0.15) is 21.7 Å². The van der Waals surface area contributed by atoms with Gasteiger partial charge in [0.25, 0.3) is 0 Å². The van der Waals surface area contributed by atoms with Gasteiger partial charge >= 0.3 is 0 Å². The lowest BCUT2D eigenvalue weighted by Crippen LogP contribution is -2.06. The van der Waals surface area contributed by atoms with Gasteiger partial charge < -0.3 is 0 Å². The summed E-state index contributed by atoms with van der Waals surface area (Å²) in [6, 6.07) is 9.47. The lowest BCUT2D eigenvalue weighted by Gasteiger charge is -2.08. The number of aldehydes is 1. The molecule has 0 bridgehead atoms. The molecule has 0 spiro atoms. The number of fused-ring (bicyclic) bond motifs is 1. The molecule has 0 radical (unpaired) electrons. The fourth-order valence-electron chi connectivity index (χ4n) is 2.21. The molecule has 20 heavy (non-hydrogen) atoms. The first-order valence-corrected chi connectivity index (χ1v) is 6.56. The Balaban J connectivity index is 2.34. The highest BCUT2D eigenvalue weighted by Gasteiger charge is 2.15. The van der Waals surface area contributed by atoms with Crippen molar-refractivity contribution >= 4 is 28.8 Å². The van der Waals surface area contributed by atoms with Crippen LogP contribution in [0.2, 0.25) is 5.02 Å². The molecule has 0 saturated heterocycles. The third-order valence-corrected chi connectivity index (χ3v) is 3.81. The van der Waals surface area contributed by atoms with Gasteiger partial charge in [-0.3, -0.25) is 4.79 Å². The summed E-state index contributed by atoms with van der Waals surface area (Å²) in [5.74, 6) is 0.506. The summed E-state index contributed by atoms with van der Waals surface area (Å²) in [6.07, 6.45) is 0.791. The molecule has 0 unspecified atom stereocenters. The molecule has 2 aromatic heterocycles. The van der Waals surface area contributed by atoms with E-state index in [1.165, 1.54) is 0 Å². The smallest absolute Gasteiger partial charge is 0.164 e. The van der Waals surface area contributed by atoms with E-state index in [-0.39, 0.29) is 0 Å². The lowest BCUT2D eigenvalue weighted by atomic mass is 10.1. The minimum atomic E-state index is 0.492. The van der Waals surface area contributed by atoms with Gasteiger partial charge in [0.05, 0.1) is 27.5 Å². The zero-order valence-corrected chi connectivity index (χ0v) is 11.8. The van der Waals surface area contributed by atoms with Gasteiger partial charge in [0.2, 0.25) is 0 Å². The van der Waals surface area contributed by atoms with E-state index in [0.717, 1.165) is 28.6 Å². The van der Waals surface area contributed by atoms with E-state index in [1.807, 2.05) is 44.2 Å². The van der Waals surface area contributed by atoms with Gasteiger partial charge in [-0.05, 0) is 26.0 Å². The standard InChI is InChI=1S/C15H12ClN3O/c1-9-14(16)10(2)19(18-9)15-12(8-20)7-11-5-3-4-6-13(11)17-15/h3-8H,1-2H3. The first-order chi connectivity index (χ1) is 9.61. The number of benzene rings is 1. The number of aromatic nitrogens is 3. The first-order valence-electron chi connectivity index (χ1n) is 6.19. The Kier molecular flexibility index (Phi) is 3.03. The number of rotatable bonds is 2. The minimum absolute atomic E-state index is 0.492. The number of pyridine rings is 1. The molecule has 0 aliphatic rings. The normalized spacial score (nSPS) is 10.9. The summed E-state index contributed by atoms with van der Waals surface area (Å²) in [4.78, 5) is 15.9. The predicted octanol–water partition coefficient (Wildman–Crippen LogP) is 3.50. The van der Waals surface area contributed by atoms with Crippen molar-refractivity contribution in [2.75, 3.05) is 0 Å². The number of hydrogen-bond donors (Lipinski definition) is 0. The van der Waals surface area contributed by atoms with Crippen LogP contribution in [0.25, 0.3) is 16.7 Å². The third-order valence-electron chi connectivity index (χ3n) is 3.26. The highest BCUT2D eigenvalue weighted by Crippen LogP contribution is 2.24. The van der Waals surface area contributed by atoms with E-state index < -0.39 is 0 Å². The van der Waals surface area contributed by atoms with Crippen molar-refractivity contribution in [1.82, 2.24) is 14.8 Å². The molecular formula is C15H12ClN3O. The maximum absolute atomic E-state index is 11.3. The average Bonchev–Trinajstić information content (AvgIpc) is 2.73. The molecule has 0 atom stereocenters. The monoisotopic (exact) mass is 285 g/mol. The largest absolute Gasteiger partial charge is 0.298 e. The van der Waals surface area contributed by atoms with Crippen LogP contribution in [0.15, 0.2) is 30.3 Å². The summed E-state index contributed by atoms with van der Waals surface area (Å²) in [6.45, 7) is 3.68. The second-order valence-corrected chi connectivity index (χ2v) is 4.99. The molecule has 3 rings (SSSR count). The number of para-hydroxylation sites is 1. The van der Waals surface area contributed by atoms with Crippen molar-refractivity contribution in [3.63, 3.8) is 0 Å². The maximum atomic E-state index is 11.3. The van der Waals surface area contributed by atoms with Crippen molar-refractivity contribution in [2.45, 2.75) is 13.8 Å².